The second-order valence-corrected chi connectivity index (χ2v) is 4.33. The topological polar surface area (TPSA) is 92.9 Å². The van der Waals surface area contributed by atoms with Gasteiger partial charge in [-0.3, -0.25) is 4.79 Å². The van der Waals surface area contributed by atoms with Gasteiger partial charge in [0, 0.05) is 25.9 Å². The highest BCUT2D eigenvalue weighted by atomic mass is 16.5. The van der Waals surface area contributed by atoms with E-state index < -0.39 is 5.97 Å². The van der Waals surface area contributed by atoms with Crippen LogP contribution in [-0.2, 0) is 11.3 Å². The lowest BCUT2D eigenvalue weighted by Gasteiger charge is -2.15. The summed E-state index contributed by atoms with van der Waals surface area (Å²) in [5.41, 5.74) is 0.872. The van der Waals surface area contributed by atoms with Crippen LogP contribution in [0.5, 0.6) is 0 Å². The molecule has 0 aliphatic carbocycles. The average Bonchev–Trinajstić information content (AvgIpc) is 2.95. The Morgan fingerprint density at radius 3 is 2.57 bits per heavy atom. The minimum Gasteiger partial charge on any atom is -0.478 e. The fourth-order valence-electron chi connectivity index (χ4n) is 1.74. The van der Waals surface area contributed by atoms with Crippen molar-refractivity contribution in [3.05, 3.63) is 47.3 Å². The van der Waals surface area contributed by atoms with Crippen molar-refractivity contribution in [1.29, 1.82) is 0 Å². The van der Waals surface area contributed by atoms with Crippen molar-refractivity contribution in [3.63, 3.8) is 0 Å². The van der Waals surface area contributed by atoms with Gasteiger partial charge in [-0.2, -0.15) is 0 Å². The monoisotopic (exact) mass is 290 g/mol. The number of anilines is 1. The maximum absolute atomic E-state index is 12.2. The van der Waals surface area contributed by atoms with Crippen LogP contribution in [0, 0.1) is 0 Å². The Labute approximate surface area is 120 Å². The van der Waals surface area contributed by atoms with Gasteiger partial charge in [0.1, 0.15) is 6.61 Å². The number of nitrogens with zero attached hydrogens (tertiary/aromatic N) is 2. The van der Waals surface area contributed by atoms with E-state index in [-0.39, 0.29) is 23.8 Å². The number of rotatable bonds is 5. The Balaban J connectivity index is 2.15. The van der Waals surface area contributed by atoms with Crippen molar-refractivity contribution in [3.8, 4) is 0 Å². The van der Waals surface area contributed by atoms with Crippen LogP contribution in [-0.4, -0.2) is 36.3 Å². The predicted octanol–water partition coefficient (Wildman–Crippen LogP) is 1.80. The van der Waals surface area contributed by atoms with E-state index in [0.29, 0.717) is 11.4 Å². The van der Waals surface area contributed by atoms with Crippen molar-refractivity contribution >= 4 is 17.6 Å². The quantitative estimate of drug-likeness (QED) is 0.902. The Kier molecular flexibility index (Phi) is 4.34. The van der Waals surface area contributed by atoms with Gasteiger partial charge >= 0.3 is 5.97 Å². The standard InChI is InChI=1S/C14H14N2O5/c1-16(10-5-3-9(4-6-10)14(18)19)13(17)12-7-11(8-20-2)21-15-12/h3-7H,8H2,1-2H3,(H,18,19). The molecule has 0 bridgehead atoms. The van der Waals surface area contributed by atoms with Crippen LogP contribution < -0.4 is 4.90 Å². The summed E-state index contributed by atoms with van der Waals surface area (Å²) >= 11 is 0. The van der Waals surface area contributed by atoms with Crippen LogP contribution in [0.3, 0.4) is 0 Å². The van der Waals surface area contributed by atoms with Crippen molar-refractivity contribution in [2.45, 2.75) is 6.61 Å². The molecule has 0 unspecified atom stereocenters. The molecule has 0 fully saturated rings. The fraction of sp³-hybridized carbons (Fsp3) is 0.214. The number of aromatic carboxylic acids is 1. The number of carbonyl (C=O) groups is 2. The van der Waals surface area contributed by atoms with E-state index in [1.54, 1.807) is 19.2 Å². The molecule has 110 valence electrons. The molecule has 0 spiro atoms. The Morgan fingerprint density at radius 1 is 1.33 bits per heavy atom. The summed E-state index contributed by atoms with van der Waals surface area (Å²) in [6.45, 7) is 0.233. The molecule has 0 aliphatic heterocycles. The maximum Gasteiger partial charge on any atom is 0.335 e. The zero-order valence-electron chi connectivity index (χ0n) is 11.6. The zero-order valence-corrected chi connectivity index (χ0v) is 11.6. The fourth-order valence-corrected chi connectivity index (χ4v) is 1.74. The van der Waals surface area contributed by atoms with Gasteiger partial charge in [0.25, 0.3) is 5.91 Å². The number of hydrogen-bond donors (Lipinski definition) is 1. The highest BCUT2D eigenvalue weighted by molar-refractivity contribution is 6.04. The van der Waals surface area contributed by atoms with E-state index in [1.807, 2.05) is 0 Å². The molecule has 1 N–H and O–H groups in total. The first-order valence-corrected chi connectivity index (χ1v) is 6.09. The van der Waals surface area contributed by atoms with Crippen molar-refractivity contribution in [2.24, 2.45) is 0 Å². The summed E-state index contributed by atoms with van der Waals surface area (Å²) in [6, 6.07) is 7.48. The molecule has 7 nitrogen and oxygen atoms in total. The number of hydrogen-bond acceptors (Lipinski definition) is 5. The van der Waals surface area contributed by atoms with Gasteiger partial charge in [-0.05, 0) is 24.3 Å². The maximum atomic E-state index is 12.2. The van der Waals surface area contributed by atoms with Crippen LogP contribution in [0.4, 0.5) is 5.69 Å². The molecule has 0 saturated carbocycles. The number of ether oxygens (including phenoxy) is 1. The van der Waals surface area contributed by atoms with Crippen molar-refractivity contribution in [2.75, 3.05) is 19.1 Å². The van der Waals surface area contributed by atoms with Gasteiger partial charge in [0.15, 0.2) is 11.5 Å². The van der Waals surface area contributed by atoms with Gasteiger partial charge in [-0.15, -0.1) is 0 Å². The Morgan fingerprint density at radius 2 is 2.00 bits per heavy atom. The largest absolute Gasteiger partial charge is 0.478 e. The van der Waals surface area contributed by atoms with Gasteiger partial charge < -0.3 is 19.3 Å². The third-order valence-electron chi connectivity index (χ3n) is 2.87. The Hall–Kier alpha value is -2.67. The number of carbonyl (C=O) groups excluding carboxylic acids is 1. The Bertz CT molecular complexity index is 648. The van der Waals surface area contributed by atoms with Crippen molar-refractivity contribution in [1.82, 2.24) is 5.16 Å². The second-order valence-electron chi connectivity index (χ2n) is 4.33. The SMILES string of the molecule is COCc1cc(C(=O)N(C)c2ccc(C(=O)O)cc2)no1. The molecule has 2 rings (SSSR count). The number of carboxylic acids is 1. The van der Waals surface area contributed by atoms with E-state index in [1.165, 1.54) is 30.2 Å². The normalized spacial score (nSPS) is 10.4. The number of carboxylic acid groups (broad SMARTS) is 1. The molecular formula is C14H14N2O5. The van der Waals surface area contributed by atoms with Crippen LogP contribution in [0.1, 0.15) is 26.6 Å². The molecule has 2 aromatic rings. The highest BCUT2D eigenvalue weighted by Gasteiger charge is 2.18. The molecule has 0 saturated heterocycles. The third kappa shape index (κ3) is 3.26. The summed E-state index contributed by atoms with van der Waals surface area (Å²) < 4.78 is 9.85. The predicted molar refractivity (Wildman–Crippen MR) is 73.4 cm³/mol. The lowest BCUT2D eigenvalue weighted by molar-refractivity contribution is 0.0696. The highest BCUT2D eigenvalue weighted by Crippen LogP contribution is 2.17. The smallest absolute Gasteiger partial charge is 0.335 e. The minimum atomic E-state index is -1.02. The summed E-state index contributed by atoms with van der Waals surface area (Å²) in [5.74, 6) is -0.920. The first-order valence-electron chi connectivity index (χ1n) is 6.09. The first kappa shape index (κ1) is 14.7. The molecule has 1 aromatic carbocycles. The summed E-state index contributed by atoms with van der Waals surface area (Å²) in [6.07, 6.45) is 0. The van der Waals surface area contributed by atoms with Gasteiger partial charge in [0.2, 0.25) is 0 Å². The number of benzene rings is 1. The second kappa shape index (κ2) is 6.19. The number of methoxy groups -OCH3 is 1. The molecule has 21 heavy (non-hydrogen) atoms. The van der Waals surface area contributed by atoms with Gasteiger partial charge in [-0.25, -0.2) is 4.79 Å². The average molecular weight is 290 g/mol. The first-order chi connectivity index (χ1) is 10.0. The molecule has 0 atom stereocenters. The number of amides is 1. The molecule has 1 amide bonds. The third-order valence-corrected chi connectivity index (χ3v) is 2.87. The van der Waals surface area contributed by atoms with Crippen molar-refractivity contribution < 1.29 is 24.0 Å². The molecular weight excluding hydrogens is 276 g/mol. The zero-order chi connectivity index (χ0) is 15.4. The lowest BCUT2D eigenvalue weighted by Crippen LogP contribution is -2.26. The molecule has 0 radical (unpaired) electrons. The van der Waals surface area contributed by atoms with Crippen LogP contribution in [0.25, 0.3) is 0 Å². The summed E-state index contributed by atoms with van der Waals surface area (Å²) in [7, 11) is 3.09. The van der Waals surface area contributed by atoms with E-state index in [0.717, 1.165) is 0 Å². The van der Waals surface area contributed by atoms with Crippen LogP contribution >= 0.6 is 0 Å². The van der Waals surface area contributed by atoms with E-state index in [9.17, 15) is 9.59 Å². The molecule has 0 aliphatic rings. The summed E-state index contributed by atoms with van der Waals surface area (Å²) in [5, 5.41) is 12.5. The van der Waals surface area contributed by atoms with Gasteiger partial charge in [-0.1, -0.05) is 5.16 Å². The minimum absolute atomic E-state index is 0.156. The van der Waals surface area contributed by atoms with Crippen LogP contribution in [0.15, 0.2) is 34.9 Å². The van der Waals surface area contributed by atoms with E-state index in [2.05, 4.69) is 5.16 Å². The molecule has 1 heterocycles. The number of aromatic nitrogens is 1. The molecule has 1 aromatic heterocycles. The summed E-state index contributed by atoms with van der Waals surface area (Å²) in [4.78, 5) is 24.4. The molecule has 7 heteroatoms. The lowest BCUT2D eigenvalue weighted by atomic mass is 10.2. The van der Waals surface area contributed by atoms with Gasteiger partial charge in [0.05, 0.1) is 5.56 Å². The van der Waals surface area contributed by atoms with Crippen LogP contribution in [0.2, 0.25) is 0 Å². The van der Waals surface area contributed by atoms with E-state index >= 15 is 0 Å². The van der Waals surface area contributed by atoms with E-state index in [4.69, 9.17) is 14.4 Å².